The monoisotopic (exact) mass is 382 g/mol. The van der Waals surface area contributed by atoms with Gasteiger partial charge in [-0.1, -0.05) is 101 Å². The molecule has 1 aromatic carbocycles. The Kier molecular flexibility index (Phi) is 8.83. The number of unbranched alkanes of at least 4 members (excludes halogenated alkanes) is 6. The molecule has 0 aromatic heterocycles. The van der Waals surface area contributed by atoms with E-state index >= 15 is 0 Å². The third kappa shape index (κ3) is 6.61. The molecule has 0 spiro atoms. The Morgan fingerprint density at radius 2 is 1.54 bits per heavy atom. The maximum absolute atomic E-state index is 13.1. The van der Waals surface area contributed by atoms with Crippen molar-refractivity contribution in [1.29, 1.82) is 0 Å². The van der Waals surface area contributed by atoms with Gasteiger partial charge < -0.3 is 0 Å². The topological polar surface area (TPSA) is 0 Å². The molecule has 1 fully saturated rings. The minimum absolute atomic E-state index is 0.157. The highest BCUT2D eigenvalue weighted by molar-refractivity contribution is 5.74. The van der Waals surface area contributed by atoms with Gasteiger partial charge in [0.05, 0.1) is 0 Å². The summed E-state index contributed by atoms with van der Waals surface area (Å²) in [6.45, 7) is 2.29. The van der Waals surface area contributed by atoms with Gasteiger partial charge in [0.15, 0.2) is 0 Å². The standard InChI is InChI=1S/C27H39F/c1-2-3-4-5-6-7-8-9-22-10-12-23(13-11-22)24-14-16-25(17-15-24)26-18-20-27(28)21-19-26/h14,16-24H,2-13,15H2,1H3. The van der Waals surface area contributed by atoms with Crippen molar-refractivity contribution < 1.29 is 4.39 Å². The number of rotatable bonds is 10. The Hall–Kier alpha value is -1.37. The van der Waals surface area contributed by atoms with Crippen LogP contribution in [0.25, 0.3) is 5.57 Å². The second-order valence-electron chi connectivity index (χ2n) is 9.12. The lowest BCUT2D eigenvalue weighted by atomic mass is 9.72. The molecule has 1 aromatic rings. The van der Waals surface area contributed by atoms with E-state index < -0.39 is 0 Å². The summed E-state index contributed by atoms with van der Waals surface area (Å²) in [5, 5.41) is 0. The number of halogens is 1. The zero-order chi connectivity index (χ0) is 19.6. The van der Waals surface area contributed by atoms with Gasteiger partial charge in [-0.05, 0) is 60.3 Å². The summed E-state index contributed by atoms with van der Waals surface area (Å²) in [4.78, 5) is 0. The van der Waals surface area contributed by atoms with E-state index in [4.69, 9.17) is 0 Å². The van der Waals surface area contributed by atoms with Crippen molar-refractivity contribution >= 4 is 5.57 Å². The fourth-order valence-corrected chi connectivity index (χ4v) is 5.14. The molecule has 3 rings (SSSR count). The molecule has 0 N–H and O–H groups in total. The molecule has 0 aliphatic heterocycles. The number of benzene rings is 1. The summed E-state index contributed by atoms with van der Waals surface area (Å²) in [6.07, 6.45) is 25.4. The summed E-state index contributed by atoms with van der Waals surface area (Å²) in [5.74, 6) is 2.41. The van der Waals surface area contributed by atoms with Gasteiger partial charge in [0.25, 0.3) is 0 Å². The van der Waals surface area contributed by atoms with Crippen LogP contribution in [0.2, 0.25) is 0 Å². The molecule has 0 radical (unpaired) electrons. The molecule has 28 heavy (non-hydrogen) atoms. The van der Waals surface area contributed by atoms with E-state index in [9.17, 15) is 4.39 Å². The maximum atomic E-state index is 13.1. The first-order valence-electron chi connectivity index (χ1n) is 11.9. The van der Waals surface area contributed by atoms with Crippen molar-refractivity contribution in [2.45, 2.75) is 90.4 Å². The Balaban J connectivity index is 1.32. The third-order valence-corrected chi connectivity index (χ3v) is 7.02. The molecule has 1 saturated carbocycles. The van der Waals surface area contributed by atoms with Crippen LogP contribution in [0.1, 0.15) is 96.0 Å². The molecule has 154 valence electrons. The zero-order valence-electron chi connectivity index (χ0n) is 17.8. The van der Waals surface area contributed by atoms with Crippen LogP contribution in [-0.2, 0) is 0 Å². The molecule has 2 aliphatic rings. The Bertz CT molecular complexity index is 616. The smallest absolute Gasteiger partial charge is 0.123 e. The van der Waals surface area contributed by atoms with Gasteiger partial charge in [-0.3, -0.25) is 0 Å². The normalized spacial score (nSPS) is 24.9. The van der Waals surface area contributed by atoms with Crippen LogP contribution in [0.3, 0.4) is 0 Å². The van der Waals surface area contributed by atoms with Crippen molar-refractivity contribution in [1.82, 2.24) is 0 Å². The van der Waals surface area contributed by atoms with Gasteiger partial charge in [0.1, 0.15) is 5.82 Å². The Morgan fingerprint density at radius 1 is 0.857 bits per heavy atom. The molecule has 1 atom stereocenters. The molecule has 0 bridgehead atoms. The van der Waals surface area contributed by atoms with Crippen LogP contribution in [0.5, 0.6) is 0 Å². The van der Waals surface area contributed by atoms with Crippen LogP contribution in [-0.4, -0.2) is 0 Å². The summed E-state index contributed by atoms with van der Waals surface area (Å²) < 4.78 is 13.1. The van der Waals surface area contributed by atoms with E-state index in [1.165, 1.54) is 82.6 Å². The molecule has 0 amide bonds. The van der Waals surface area contributed by atoms with Crippen LogP contribution in [0, 0.1) is 23.6 Å². The predicted octanol–water partition coefficient (Wildman–Crippen LogP) is 8.73. The minimum atomic E-state index is -0.157. The number of allylic oxidation sites excluding steroid dienone is 4. The SMILES string of the molecule is CCCCCCCCCC1CCC(C2C=CC(c3ccc(F)cc3)=CC2)CC1. The highest BCUT2D eigenvalue weighted by atomic mass is 19.1. The van der Waals surface area contributed by atoms with Gasteiger partial charge in [0, 0.05) is 0 Å². The largest absolute Gasteiger partial charge is 0.207 e. The molecule has 0 nitrogen and oxygen atoms in total. The van der Waals surface area contributed by atoms with Crippen LogP contribution in [0.4, 0.5) is 4.39 Å². The number of hydrogen-bond acceptors (Lipinski definition) is 0. The van der Waals surface area contributed by atoms with Crippen LogP contribution >= 0.6 is 0 Å². The molecular formula is C27H39F. The van der Waals surface area contributed by atoms with Gasteiger partial charge >= 0.3 is 0 Å². The Morgan fingerprint density at radius 3 is 2.18 bits per heavy atom. The second kappa shape index (κ2) is 11.6. The zero-order valence-corrected chi connectivity index (χ0v) is 17.8. The van der Waals surface area contributed by atoms with Crippen LogP contribution in [0.15, 0.2) is 42.5 Å². The molecule has 1 heteroatoms. The lowest BCUT2D eigenvalue weighted by molar-refractivity contribution is 0.218. The van der Waals surface area contributed by atoms with Crippen molar-refractivity contribution in [3.05, 3.63) is 53.9 Å². The van der Waals surface area contributed by atoms with Gasteiger partial charge in [-0.15, -0.1) is 0 Å². The van der Waals surface area contributed by atoms with E-state index in [0.29, 0.717) is 5.92 Å². The second-order valence-corrected chi connectivity index (χ2v) is 9.12. The molecule has 2 aliphatic carbocycles. The van der Waals surface area contributed by atoms with Crippen molar-refractivity contribution in [3.63, 3.8) is 0 Å². The summed E-state index contributed by atoms with van der Waals surface area (Å²) in [7, 11) is 0. The average Bonchev–Trinajstić information content (AvgIpc) is 2.74. The van der Waals surface area contributed by atoms with E-state index in [1.54, 1.807) is 12.1 Å². The first kappa shape index (κ1) is 21.3. The van der Waals surface area contributed by atoms with Gasteiger partial charge in [0.2, 0.25) is 0 Å². The van der Waals surface area contributed by atoms with Crippen molar-refractivity contribution in [2.24, 2.45) is 17.8 Å². The van der Waals surface area contributed by atoms with E-state index in [0.717, 1.165) is 23.8 Å². The molecule has 1 unspecified atom stereocenters. The van der Waals surface area contributed by atoms with Gasteiger partial charge in [-0.2, -0.15) is 0 Å². The molecule has 0 heterocycles. The summed E-state index contributed by atoms with van der Waals surface area (Å²) in [6, 6.07) is 6.90. The predicted molar refractivity (Wildman–Crippen MR) is 120 cm³/mol. The highest BCUT2D eigenvalue weighted by Gasteiger charge is 2.26. The first-order valence-corrected chi connectivity index (χ1v) is 11.9. The van der Waals surface area contributed by atoms with E-state index in [-0.39, 0.29) is 5.82 Å². The first-order chi connectivity index (χ1) is 13.8. The lowest BCUT2D eigenvalue weighted by Crippen LogP contribution is -2.21. The quantitative estimate of drug-likeness (QED) is 0.355. The highest BCUT2D eigenvalue weighted by Crippen LogP contribution is 2.39. The Labute approximate surface area is 172 Å². The molecular weight excluding hydrogens is 343 g/mol. The fraction of sp³-hybridized carbons (Fsp3) is 0.630. The van der Waals surface area contributed by atoms with Crippen LogP contribution < -0.4 is 0 Å². The van der Waals surface area contributed by atoms with Gasteiger partial charge in [-0.25, -0.2) is 4.39 Å². The summed E-state index contributed by atoms with van der Waals surface area (Å²) >= 11 is 0. The lowest BCUT2D eigenvalue weighted by Gasteiger charge is -2.33. The van der Waals surface area contributed by atoms with Crippen molar-refractivity contribution in [2.75, 3.05) is 0 Å². The fourth-order valence-electron chi connectivity index (χ4n) is 5.14. The van der Waals surface area contributed by atoms with E-state index in [2.05, 4.69) is 25.2 Å². The van der Waals surface area contributed by atoms with Crippen molar-refractivity contribution in [3.8, 4) is 0 Å². The maximum Gasteiger partial charge on any atom is 0.123 e. The third-order valence-electron chi connectivity index (χ3n) is 7.02. The van der Waals surface area contributed by atoms with E-state index in [1.807, 2.05) is 12.1 Å². The molecule has 0 saturated heterocycles. The minimum Gasteiger partial charge on any atom is -0.207 e. The number of hydrogen-bond donors (Lipinski definition) is 0. The summed E-state index contributed by atoms with van der Waals surface area (Å²) in [5.41, 5.74) is 2.39. The average molecular weight is 383 g/mol.